The molecule has 0 aliphatic rings. The van der Waals surface area contributed by atoms with Gasteiger partial charge in [-0.3, -0.25) is 4.79 Å². The molecule has 0 fully saturated rings. The molecule has 1 aromatic carbocycles. The van der Waals surface area contributed by atoms with E-state index in [0.717, 1.165) is 11.3 Å². The van der Waals surface area contributed by atoms with E-state index in [-0.39, 0.29) is 12.1 Å². The molecular formula is C14H18ClF3N2O. The molecule has 1 aromatic rings. The van der Waals surface area contributed by atoms with Crippen LogP contribution in [0.5, 0.6) is 0 Å². The second-order valence-electron chi connectivity index (χ2n) is 4.55. The van der Waals surface area contributed by atoms with Gasteiger partial charge >= 0.3 is 6.18 Å². The minimum Gasteiger partial charge on any atom is -0.384 e. The van der Waals surface area contributed by atoms with E-state index in [1.807, 2.05) is 6.92 Å². The molecular weight excluding hydrogens is 305 g/mol. The summed E-state index contributed by atoms with van der Waals surface area (Å²) in [5.74, 6) is -0.684. The van der Waals surface area contributed by atoms with Crippen LogP contribution in [0.15, 0.2) is 18.2 Å². The van der Waals surface area contributed by atoms with Crippen LogP contribution in [-0.2, 0) is 0 Å². The first-order valence-electron chi connectivity index (χ1n) is 6.68. The fraction of sp³-hybridized carbons (Fsp3) is 0.500. The molecule has 0 spiro atoms. The van der Waals surface area contributed by atoms with E-state index in [2.05, 4.69) is 5.32 Å². The van der Waals surface area contributed by atoms with Gasteiger partial charge in [-0.2, -0.15) is 13.2 Å². The lowest BCUT2D eigenvalue weighted by Gasteiger charge is -2.23. The molecule has 0 saturated heterocycles. The Kier molecular flexibility index (Phi) is 6.33. The van der Waals surface area contributed by atoms with Gasteiger partial charge in [0.1, 0.15) is 6.54 Å². The lowest BCUT2D eigenvalue weighted by molar-refractivity contribution is -0.140. The van der Waals surface area contributed by atoms with Gasteiger partial charge < -0.3 is 10.2 Å². The number of rotatable bonds is 6. The largest absolute Gasteiger partial charge is 0.406 e. The molecule has 0 saturated carbocycles. The molecule has 118 valence electrons. The van der Waals surface area contributed by atoms with Gasteiger partial charge in [0, 0.05) is 23.8 Å². The highest BCUT2D eigenvalue weighted by atomic mass is 35.5. The Bertz CT molecular complexity index is 492. The van der Waals surface area contributed by atoms with E-state index in [1.54, 1.807) is 12.1 Å². The van der Waals surface area contributed by atoms with Gasteiger partial charge in [-0.25, -0.2) is 0 Å². The molecule has 0 heterocycles. The highest BCUT2D eigenvalue weighted by molar-refractivity contribution is 6.31. The minimum atomic E-state index is -4.43. The maximum Gasteiger partial charge on any atom is 0.406 e. The SMILES string of the molecule is CCCNc1ccc(Cl)cc1C(=O)N(CC)CC(F)(F)F. The van der Waals surface area contributed by atoms with Crippen LogP contribution in [0, 0.1) is 0 Å². The minimum absolute atomic E-state index is 0.0297. The van der Waals surface area contributed by atoms with E-state index in [9.17, 15) is 18.0 Å². The van der Waals surface area contributed by atoms with Gasteiger partial charge in [0.15, 0.2) is 0 Å². The zero-order valence-corrected chi connectivity index (χ0v) is 12.7. The molecule has 0 unspecified atom stereocenters. The van der Waals surface area contributed by atoms with Crippen LogP contribution in [0.25, 0.3) is 0 Å². The molecule has 0 aliphatic carbocycles. The Morgan fingerprint density at radius 1 is 1.33 bits per heavy atom. The maximum absolute atomic E-state index is 12.5. The van der Waals surface area contributed by atoms with Crippen molar-refractivity contribution in [3.63, 3.8) is 0 Å². The molecule has 21 heavy (non-hydrogen) atoms. The van der Waals surface area contributed by atoms with Crippen LogP contribution < -0.4 is 5.32 Å². The van der Waals surface area contributed by atoms with Gasteiger partial charge in [-0.15, -0.1) is 0 Å². The predicted molar refractivity (Wildman–Crippen MR) is 77.9 cm³/mol. The second-order valence-corrected chi connectivity index (χ2v) is 4.99. The molecule has 1 N–H and O–H groups in total. The van der Waals surface area contributed by atoms with Crippen molar-refractivity contribution in [3.05, 3.63) is 28.8 Å². The number of amides is 1. The normalized spacial score (nSPS) is 11.3. The molecule has 7 heteroatoms. The van der Waals surface area contributed by atoms with Gasteiger partial charge in [0.2, 0.25) is 0 Å². The van der Waals surface area contributed by atoms with Crippen molar-refractivity contribution >= 4 is 23.2 Å². The van der Waals surface area contributed by atoms with E-state index in [0.29, 0.717) is 17.3 Å². The number of hydrogen-bond donors (Lipinski definition) is 1. The summed E-state index contributed by atoms with van der Waals surface area (Å²) in [7, 11) is 0. The first-order chi connectivity index (χ1) is 9.78. The van der Waals surface area contributed by atoms with Gasteiger partial charge in [-0.05, 0) is 31.5 Å². The number of nitrogens with one attached hydrogen (secondary N) is 1. The number of carbonyl (C=O) groups is 1. The van der Waals surface area contributed by atoms with Crippen LogP contribution in [0.2, 0.25) is 5.02 Å². The number of benzene rings is 1. The quantitative estimate of drug-likeness (QED) is 0.852. The van der Waals surface area contributed by atoms with Crippen LogP contribution in [0.1, 0.15) is 30.6 Å². The Morgan fingerprint density at radius 3 is 2.52 bits per heavy atom. The third-order valence-electron chi connectivity index (χ3n) is 2.82. The zero-order valence-electron chi connectivity index (χ0n) is 11.9. The van der Waals surface area contributed by atoms with Crippen LogP contribution in [0.4, 0.5) is 18.9 Å². The van der Waals surface area contributed by atoms with Crippen molar-refractivity contribution < 1.29 is 18.0 Å². The summed E-state index contributed by atoms with van der Waals surface area (Å²) in [6.45, 7) is 2.77. The Morgan fingerprint density at radius 2 is 2.00 bits per heavy atom. The van der Waals surface area contributed by atoms with Crippen LogP contribution in [0.3, 0.4) is 0 Å². The number of anilines is 1. The molecule has 0 aromatic heterocycles. The summed E-state index contributed by atoms with van der Waals surface area (Å²) in [5.41, 5.74) is 0.647. The van der Waals surface area contributed by atoms with Crippen molar-refractivity contribution in [1.82, 2.24) is 4.90 Å². The third-order valence-corrected chi connectivity index (χ3v) is 3.05. The first kappa shape index (κ1) is 17.6. The fourth-order valence-electron chi connectivity index (χ4n) is 1.82. The molecule has 0 atom stereocenters. The number of halogens is 4. The summed E-state index contributed by atoms with van der Waals surface area (Å²) in [5, 5.41) is 3.33. The lowest BCUT2D eigenvalue weighted by Crippen LogP contribution is -2.39. The molecule has 3 nitrogen and oxygen atoms in total. The van der Waals surface area contributed by atoms with Gasteiger partial charge in [0.25, 0.3) is 5.91 Å². The highest BCUT2D eigenvalue weighted by Gasteiger charge is 2.33. The Balaban J connectivity index is 3.05. The van der Waals surface area contributed by atoms with E-state index in [1.165, 1.54) is 13.0 Å². The van der Waals surface area contributed by atoms with Gasteiger partial charge in [0.05, 0.1) is 5.56 Å². The smallest absolute Gasteiger partial charge is 0.384 e. The summed E-state index contributed by atoms with van der Waals surface area (Å²) < 4.78 is 37.5. The summed E-state index contributed by atoms with van der Waals surface area (Å²) in [4.78, 5) is 13.1. The standard InChI is InChI=1S/C14H18ClF3N2O/c1-3-7-19-12-6-5-10(15)8-11(12)13(21)20(4-2)9-14(16,17)18/h5-6,8,19H,3-4,7,9H2,1-2H3. The number of alkyl halides is 3. The van der Waals surface area contributed by atoms with Crippen molar-refractivity contribution in [2.24, 2.45) is 0 Å². The molecule has 1 rings (SSSR count). The Labute approximate surface area is 127 Å². The third kappa shape index (κ3) is 5.46. The predicted octanol–water partition coefficient (Wildman–Crippen LogP) is 4.19. The van der Waals surface area contributed by atoms with Crippen molar-refractivity contribution in [2.75, 3.05) is 25.0 Å². The van der Waals surface area contributed by atoms with Crippen molar-refractivity contribution in [2.45, 2.75) is 26.4 Å². The number of nitrogens with zero attached hydrogens (tertiary/aromatic N) is 1. The van der Waals surface area contributed by atoms with E-state index >= 15 is 0 Å². The molecule has 0 aliphatic heterocycles. The fourth-order valence-corrected chi connectivity index (χ4v) is 1.99. The lowest BCUT2D eigenvalue weighted by atomic mass is 10.1. The summed E-state index contributed by atoms with van der Waals surface area (Å²) in [6.07, 6.45) is -3.60. The van der Waals surface area contributed by atoms with E-state index in [4.69, 9.17) is 11.6 Å². The highest BCUT2D eigenvalue weighted by Crippen LogP contribution is 2.24. The number of carbonyl (C=O) groups excluding carboxylic acids is 1. The van der Waals surface area contributed by atoms with Gasteiger partial charge in [-0.1, -0.05) is 18.5 Å². The molecule has 1 amide bonds. The molecule has 0 radical (unpaired) electrons. The maximum atomic E-state index is 12.5. The first-order valence-corrected chi connectivity index (χ1v) is 7.05. The van der Waals surface area contributed by atoms with Crippen molar-refractivity contribution in [3.8, 4) is 0 Å². The second kappa shape index (κ2) is 7.54. The topological polar surface area (TPSA) is 32.3 Å². The van der Waals surface area contributed by atoms with E-state index < -0.39 is 18.6 Å². The van der Waals surface area contributed by atoms with Crippen LogP contribution >= 0.6 is 11.6 Å². The average Bonchev–Trinajstić information content (AvgIpc) is 2.41. The summed E-state index contributed by atoms with van der Waals surface area (Å²) in [6, 6.07) is 4.59. The monoisotopic (exact) mass is 322 g/mol. The Hall–Kier alpha value is -1.43. The molecule has 0 bridgehead atoms. The zero-order chi connectivity index (χ0) is 16.0. The van der Waals surface area contributed by atoms with Crippen molar-refractivity contribution in [1.29, 1.82) is 0 Å². The average molecular weight is 323 g/mol. The number of hydrogen-bond acceptors (Lipinski definition) is 2. The summed E-state index contributed by atoms with van der Waals surface area (Å²) >= 11 is 5.86. The van der Waals surface area contributed by atoms with Crippen LogP contribution in [-0.4, -0.2) is 36.6 Å².